The average molecular weight is 552 g/mol. The molecule has 2 aromatic carbocycles. The van der Waals surface area contributed by atoms with Gasteiger partial charge in [-0.2, -0.15) is 4.98 Å². The van der Waals surface area contributed by atoms with Crippen molar-refractivity contribution in [1.29, 1.82) is 0 Å². The molecule has 0 amide bonds. The Hall–Kier alpha value is -3.26. The SMILES string of the molecule is C.CCOc1cc(OCC)c(CNCCC2CCC(Nc3nc(N(C)C)c4ccccc4n3)CC2)c(OCC)c1. The third-order valence-electron chi connectivity index (χ3n) is 7.27. The number of benzene rings is 2. The smallest absolute Gasteiger partial charge is 0.225 e. The molecule has 220 valence electrons. The second-order valence-electron chi connectivity index (χ2n) is 10.3. The molecule has 8 heteroatoms. The summed E-state index contributed by atoms with van der Waals surface area (Å²) in [4.78, 5) is 11.7. The molecule has 1 fully saturated rings. The van der Waals surface area contributed by atoms with Crippen LogP contribution in [0.5, 0.6) is 17.2 Å². The van der Waals surface area contributed by atoms with Gasteiger partial charge in [0, 0.05) is 44.2 Å². The number of nitrogens with zero attached hydrogens (tertiary/aromatic N) is 3. The number of para-hydroxylation sites is 1. The molecule has 4 rings (SSSR count). The van der Waals surface area contributed by atoms with E-state index in [4.69, 9.17) is 24.2 Å². The summed E-state index contributed by atoms with van der Waals surface area (Å²) in [5, 5.41) is 8.35. The van der Waals surface area contributed by atoms with Crippen LogP contribution in [0.25, 0.3) is 10.9 Å². The topological polar surface area (TPSA) is 80.8 Å². The summed E-state index contributed by atoms with van der Waals surface area (Å²) < 4.78 is 17.6. The van der Waals surface area contributed by atoms with E-state index >= 15 is 0 Å². The second-order valence-corrected chi connectivity index (χ2v) is 10.3. The van der Waals surface area contributed by atoms with Crippen LogP contribution in [0.1, 0.15) is 65.9 Å². The van der Waals surface area contributed by atoms with Crippen LogP contribution in [-0.2, 0) is 6.54 Å². The predicted octanol–water partition coefficient (Wildman–Crippen LogP) is 6.68. The molecule has 3 aromatic rings. The molecular weight excluding hydrogens is 502 g/mol. The number of rotatable bonds is 14. The van der Waals surface area contributed by atoms with Gasteiger partial charge in [0.25, 0.3) is 0 Å². The Balaban J connectivity index is 0.00000441. The van der Waals surface area contributed by atoms with Crippen molar-refractivity contribution in [3.05, 3.63) is 42.0 Å². The first-order valence-electron chi connectivity index (χ1n) is 14.5. The zero-order valence-corrected chi connectivity index (χ0v) is 24.3. The van der Waals surface area contributed by atoms with E-state index in [1.807, 2.05) is 59.1 Å². The van der Waals surface area contributed by atoms with Gasteiger partial charge in [0.05, 0.1) is 30.9 Å². The highest BCUT2D eigenvalue weighted by Gasteiger charge is 2.22. The fraction of sp³-hybridized carbons (Fsp3) is 0.562. The number of ether oxygens (including phenoxy) is 3. The minimum absolute atomic E-state index is 0. The summed E-state index contributed by atoms with van der Waals surface area (Å²) in [7, 11) is 4.06. The number of anilines is 2. The van der Waals surface area contributed by atoms with Crippen LogP contribution in [0.15, 0.2) is 36.4 Å². The van der Waals surface area contributed by atoms with Gasteiger partial charge in [-0.05, 0) is 77.5 Å². The fourth-order valence-corrected chi connectivity index (χ4v) is 5.35. The Morgan fingerprint density at radius 1 is 0.875 bits per heavy atom. The summed E-state index contributed by atoms with van der Waals surface area (Å²) in [5.41, 5.74) is 2.04. The molecule has 0 atom stereocenters. The minimum Gasteiger partial charge on any atom is -0.494 e. The molecule has 8 nitrogen and oxygen atoms in total. The van der Waals surface area contributed by atoms with E-state index in [0.29, 0.717) is 32.4 Å². The van der Waals surface area contributed by atoms with Crippen molar-refractivity contribution in [2.45, 2.75) is 72.9 Å². The van der Waals surface area contributed by atoms with Gasteiger partial charge < -0.3 is 29.7 Å². The summed E-state index contributed by atoms with van der Waals surface area (Å²) in [5.74, 6) is 4.86. The molecule has 1 saturated carbocycles. The third kappa shape index (κ3) is 8.13. The van der Waals surface area contributed by atoms with Crippen LogP contribution in [0.3, 0.4) is 0 Å². The van der Waals surface area contributed by atoms with E-state index in [1.54, 1.807) is 0 Å². The average Bonchev–Trinajstić information content (AvgIpc) is 2.93. The number of fused-ring (bicyclic) bond motifs is 1. The monoisotopic (exact) mass is 551 g/mol. The second kappa shape index (κ2) is 15.5. The number of aromatic nitrogens is 2. The van der Waals surface area contributed by atoms with Crippen molar-refractivity contribution in [2.24, 2.45) is 5.92 Å². The lowest BCUT2D eigenvalue weighted by Gasteiger charge is -2.29. The maximum Gasteiger partial charge on any atom is 0.225 e. The van der Waals surface area contributed by atoms with E-state index < -0.39 is 0 Å². The van der Waals surface area contributed by atoms with E-state index in [0.717, 1.165) is 77.2 Å². The van der Waals surface area contributed by atoms with E-state index in [2.05, 4.69) is 27.7 Å². The lowest BCUT2D eigenvalue weighted by molar-refractivity contribution is 0.298. The van der Waals surface area contributed by atoms with E-state index in [9.17, 15) is 0 Å². The van der Waals surface area contributed by atoms with E-state index in [-0.39, 0.29) is 7.43 Å². The summed E-state index contributed by atoms with van der Waals surface area (Å²) in [6.07, 6.45) is 5.87. The zero-order valence-electron chi connectivity index (χ0n) is 24.3. The van der Waals surface area contributed by atoms with Crippen molar-refractivity contribution in [3.63, 3.8) is 0 Å². The summed E-state index contributed by atoms with van der Waals surface area (Å²) in [6, 6.07) is 12.6. The van der Waals surface area contributed by atoms with Gasteiger partial charge in [-0.15, -0.1) is 0 Å². The third-order valence-corrected chi connectivity index (χ3v) is 7.27. The van der Waals surface area contributed by atoms with Crippen molar-refractivity contribution in [2.75, 3.05) is 50.7 Å². The fourth-order valence-electron chi connectivity index (χ4n) is 5.35. The first kappa shape index (κ1) is 31.3. The van der Waals surface area contributed by atoms with Gasteiger partial charge in [-0.25, -0.2) is 4.98 Å². The molecule has 0 saturated heterocycles. The van der Waals surface area contributed by atoms with Gasteiger partial charge >= 0.3 is 0 Å². The molecule has 0 aliphatic heterocycles. The van der Waals surface area contributed by atoms with Crippen LogP contribution in [0.4, 0.5) is 11.8 Å². The van der Waals surface area contributed by atoms with Gasteiger partial charge in [0.1, 0.15) is 23.1 Å². The largest absolute Gasteiger partial charge is 0.494 e. The first-order valence-corrected chi connectivity index (χ1v) is 14.5. The molecule has 2 N–H and O–H groups in total. The van der Waals surface area contributed by atoms with Gasteiger partial charge in [0.15, 0.2) is 0 Å². The molecule has 1 aromatic heterocycles. The summed E-state index contributed by atoms with van der Waals surface area (Å²) >= 11 is 0. The quantitative estimate of drug-likeness (QED) is 0.215. The summed E-state index contributed by atoms with van der Waals surface area (Å²) in [6.45, 7) is 9.48. The zero-order chi connectivity index (χ0) is 27.6. The maximum absolute atomic E-state index is 5.94. The van der Waals surface area contributed by atoms with Crippen molar-refractivity contribution in [1.82, 2.24) is 15.3 Å². The van der Waals surface area contributed by atoms with Gasteiger partial charge in [-0.1, -0.05) is 19.6 Å². The number of hydrogen-bond donors (Lipinski definition) is 2. The number of nitrogens with one attached hydrogen (secondary N) is 2. The molecule has 0 radical (unpaired) electrons. The maximum atomic E-state index is 5.94. The van der Waals surface area contributed by atoms with Crippen molar-refractivity contribution >= 4 is 22.7 Å². The minimum atomic E-state index is 0. The highest BCUT2D eigenvalue weighted by Crippen LogP contribution is 2.35. The Morgan fingerprint density at radius 2 is 1.52 bits per heavy atom. The number of hydrogen-bond acceptors (Lipinski definition) is 8. The molecule has 1 aliphatic carbocycles. The van der Waals surface area contributed by atoms with Gasteiger partial charge in [-0.3, -0.25) is 0 Å². The van der Waals surface area contributed by atoms with Crippen LogP contribution in [0, 0.1) is 5.92 Å². The van der Waals surface area contributed by atoms with Crippen molar-refractivity contribution < 1.29 is 14.2 Å². The lowest BCUT2D eigenvalue weighted by Crippen LogP contribution is -2.29. The highest BCUT2D eigenvalue weighted by atomic mass is 16.5. The molecule has 0 bridgehead atoms. The normalized spacial score (nSPS) is 16.7. The van der Waals surface area contributed by atoms with Crippen LogP contribution < -0.4 is 29.7 Å². The first-order chi connectivity index (χ1) is 19.0. The van der Waals surface area contributed by atoms with E-state index in [1.165, 1.54) is 12.8 Å². The molecular formula is C32H49N5O3. The van der Waals surface area contributed by atoms with Crippen LogP contribution in [-0.4, -0.2) is 56.5 Å². The van der Waals surface area contributed by atoms with Gasteiger partial charge in [0.2, 0.25) is 5.95 Å². The molecule has 40 heavy (non-hydrogen) atoms. The Bertz CT molecular complexity index is 1170. The molecule has 0 spiro atoms. The standard InChI is InChI=1S/C31H45N5O3.CH4/c1-6-37-24-19-28(38-7-2)26(29(20-24)39-8-3)21-32-18-17-22-13-15-23(16-14-22)33-31-34-27-12-10-9-11-25(27)30(35-31)36(4)5;/h9-12,19-20,22-23,32H,6-8,13-18,21H2,1-5H3,(H,33,34,35);1H4. The lowest BCUT2D eigenvalue weighted by atomic mass is 9.84. The molecule has 1 aliphatic rings. The molecule has 1 heterocycles. The Labute approximate surface area is 240 Å². The van der Waals surface area contributed by atoms with Crippen molar-refractivity contribution in [3.8, 4) is 17.2 Å². The Morgan fingerprint density at radius 3 is 2.15 bits per heavy atom. The highest BCUT2D eigenvalue weighted by molar-refractivity contribution is 5.90. The molecule has 0 unspecified atom stereocenters. The predicted molar refractivity (Wildman–Crippen MR) is 166 cm³/mol. The van der Waals surface area contributed by atoms with Crippen LogP contribution >= 0.6 is 0 Å². The Kier molecular flexibility index (Phi) is 12.1. The van der Waals surface area contributed by atoms with Crippen LogP contribution in [0.2, 0.25) is 0 Å².